The van der Waals surface area contributed by atoms with Gasteiger partial charge in [0, 0.05) is 0 Å². The van der Waals surface area contributed by atoms with Crippen LogP contribution in [0.3, 0.4) is 0 Å². The van der Waals surface area contributed by atoms with E-state index in [9.17, 15) is 13.2 Å². The topological polar surface area (TPSA) is 20.2 Å². The summed E-state index contributed by atoms with van der Waals surface area (Å²) in [4.78, 5) is 0. The number of aliphatic hydroxyl groups is 1. The fourth-order valence-electron chi connectivity index (χ4n) is 0.865. The molecule has 0 heterocycles. The summed E-state index contributed by atoms with van der Waals surface area (Å²) in [6.07, 6.45) is -4.45. The van der Waals surface area contributed by atoms with E-state index in [2.05, 4.69) is 0 Å². The Morgan fingerprint density at radius 3 is 1.73 bits per heavy atom. The van der Waals surface area contributed by atoms with Gasteiger partial charge in [0.1, 0.15) is 0 Å². The first kappa shape index (κ1) is 10.8. The predicted octanol–water partition coefficient (Wildman–Crippen LogP) is 2.35. The van der Waals surface area contributed by atoms with Crippen molar-refractivity contribution in [3.05, 3.63) is 0 Å². The summed E-state index contributed by atoms with van der Waals surface area (Å²) in [6.45, 7) is 3.81. The van der Waals surface area contributed by atoms with Crippen molar-refractivity contribution in [2.45, 2.75) is 39.0 Å². The minimum atomic E-state index is -4.19. The first-order chi connectivity index (χ1) is 4.63. The van der Waals surface area contributed by atoms with Gasteiger partial charge in [0.15, 0.2) is 0 Å². The molecule has 0 saturated carbocycles. The average Bonchev–Trinajstić information content (AvgIpc) is 1.56. The molecule has 0 aromatic rings. The molecule has 4 heteroatoms. The Bertz CT molecular complexity index is 123. The summed E-state index contributed by atoms with van der Waals surface area (Å²) < 4.78 is 35.6. The van der Waals surface area contributed by atoms with Gasteiger partial charge >= 0.3 is 6.18 Å². The molecule has 1 atom stereocenters. The molecule has 0 aliphatic rings. The van der Waals surface area contributed by atoms with Crippen LogP contribution in [-0.4, -0.2) is 16.9 Å². The van der Waals surface area contributed by atoms with Crippen LogP contribution in [0.25, 0.3) is 0 Å². The number of rotatable bonds is 2. The highest BCUT2D eigenvalue weighted by Gasteiger charge is 2.38. The van der Waals surface area contributed by atoms with Crippen molar-refractivity contribution in [3.8, 4) is 0 Å². The SMILES string of the molecule is C[C@@H](CC(C)(C)O)C(F)(F)F. The van der Waals surface area contributed by atoms with E-state index in [1.54, 1.807) is 0 Å². The summed E-state index contributed by atoms with van der Waals surface area (Å²) in [5.41, 5.74) is -1.24. The van der Waals surface area contributed by atoms with Gasteiger partial charge in [-0.2, -0.15) is 13.2 Å². The van der Waals surface area contributed by atoms with Gasteiger partial charge < -0.3 is 5.11 Å². The molecule has 68 valence electrons. The number of alkyl halides is 3. The molecule has 0 amide bonds. The molecule has 11 heavy (non-hydrogen) atoms. The van der Waals surface area contributed by atoms with E-state index < -0.39 is 17.7 Å². The Hall–Kier alpha value is -0.250. The third-order valence-electron chi connectivity index (χ3n) is 1.36. The van der Waals surface area contributed by atoms with Gasteiger partial charge in [0.2, 0.25) is 0 Å². The van der Waals surface area contributed by atoms with Gasteiger partial charge in [-0.05, 0) is 20.3 Å². The third-order valence-corrected chi connectivity index (χ3v) is 1.36. The average molecular weight is 170 g/mol. The van der Waals surface area contributed by atoms with Crippen molar-refractivity contribution in [2.24, 2.45) is 5.92 Å². The maximum absolute atomic E-state index is 11.9. The Kier molecular flexibility index (Phi) is 2.94. The highest BCUT2D eigenvalue weighted by molar-refractivity contribution is 4.73. The lowest BCUT2D eigenvalue weighted by atomic mass is 9.95. The maximum Gasteiger partial charge on any atom is 0.391 e. The lowest BCUT2D eigenvalue weighted by Gasteiger charge is -2.23. The third kappa shape index (κ3) is 5.07. The molecule has 0 rings (SSSR count). The van der Waals surface area contributed by atoms with Crippen molar-refractivity contribution in [3.63, 3.8) is 0 Å². The lowest BCUT2D eigenvalue weighted by molar-refractivity contribution is -0.181. The summed E-state index contributed by atoms with van der Waals surface area (Å²) in [5, 5.41) is 9.05. The molecule has 0 aromatic heterocycles. The highest BCUT2D eigenvalue weighted by Crippen LogP contribution is 2.31. The number of hydrogen-bond donors (Lipinski definition) is 1. The predicted molar refractivity (Wildman–Crippen MR) is 36.1 cm³/mol. The van der Waals surface area contributed by atoms with Crippen LogP contribution in [0.5, 0.6) is 0 Å². The summed E-state index contributed by atoms with van der Waals surface area (Å²) in [6, 6.07) is 0. The zero-order valence-corrected chi connectivity index (χ0v) is 6.87. The van der Waals surface area contributed by atoms with Crippen molar-refractivity contribution in [1.82, 2.24) is 0 Å². The molecule has 0 aliphatic carbocycles. The molecule has 0 spiro atoms. The molecule has 0 aliphatic heterocycles. The second-order valence-corrected chi connectivity index (χ2v) is 3.46. The summed E-state index contributed by atoms with van der Waals surface area (Å²) >= 11 is 0. The van der Waals surface area contributed by atoms with E-state index in [1.807, 2.05) is 0 Å². The fourth-order valence-corrected chi connectivity index (χ4v) is 0.865. The molecule has 1 N–H and O–H groups in total. The quantitative estimate of drug-likeness (QED) is 0.674. The molecule has 0 aromatic carbocycles. The zero-order chi connectivity index (χ0) is 9.28. The van der Waals surface area contributed by atoms with Gasteiger partial charge in [-0.25, -0.2) is 0 Å². The highest BCUT2D eigenvalue weighted by atomic mass is 19.4. The van der Waals surface area contributed by atoms with Crippen molar-refractivity contribution >= 4 is 0 Å². The largest absolute Gasteiger partial charge is 0.391 e. The van der Waals surface area contributed by atoms with Gasteiger partial charge in [-0.1, -0.05) is 6.92 Å². The Labute approximate surface area is 64.2 Å². The van der Waals surface area contributed by atoms with E-state index >= 15 is 0 Å². The van der Waals surface area contributed by atoms with E-state index in [0.29, 0.717) is 0 Å². The first-order valence-electron chi connectivity index (χ1n) is 3.42. The molecule has 0 saturated heterocycles. The summed E-state index contributed by atoms with van der Waals surface area (Å²) in [7, 11) is 0. The number of halogens is 3. The lowest BCUT2D eigenvalue weighted by Crippen LogP contribution is -2.29. The van der Waals surface area contributed by atoms with Crippen LogP contribution in [0.15, 0.2) is 0 Å². The standard InChI is InChI=1S/C7H13F3O/c1-5(7(8,9)10)4-6(2,3)11/h5,11H,4H2,1-3H3/t5-/m0/s1. The van der Waals surface area contributed by atoms with Crippen LogP contribution >= 0.6 is 0 Å². The molecule has 0 fully saturated rings. The molecule has 0 radical (unpaired) electrons. The van der Waals surface area contributed by atoms with E-state index in [0.717, 1.165) is 6.92 Å². The van der Waals surface area contributed by atoms with Crippen LogP contribution in [0.1, 0.15) is 27.2 Å². The number of hydrogen-bond acceptors (Lipinski definition) is 1. The fraction of sp³-hybridized carbons (Fsp3) is 1.00. The molecular weight excluding hydrogens is 157 g/mol. The van der Waals surface area contributed by atoms with E-state index in [4.69, 9.17) is 5.11 Å². The molecule has 1 nitrogen and oxygen atoms in total. The van der Waals surface area contributed by atoms with Gasteiger partial charge in [0.25, 0.3) is 0 Å². The van der Waals surface area contributed by atoms with E-state index in [-0.39, 0.29) is 6.42 Å². The van der Waals surface area contributed by atoms with Crippen LogP contribution in [-0.2, 0) is 0 Å². The van der Waals surface area contributed by atoms with Gasteiger partial charge in [0.05, 0.1) is 11.5 Å². The Balaban J connectivity index is 3.99. The maximum atomic E-state index is 11.9. The van der Waals surface area contributed by atoms with Crippen molar-refractivity contribution < 1.29 is 18.3 Å². The van der Waals surface area contributed by atoms with Crippen LogP contribution < -0.4 is 0 Å². The summed E-state index contributed by atoms with van der Waals surface area (Å²) in [5.74, 6) is -1.44. The Morgan fingerprint density at radius 1 is 1.27 bits per heavy atom. The van der Waals surface area contributed by atoms with Crippen LogP contribution in [0, 0.1) is 5.92 Å². The normalized spacial score (nSPS) is 16.6. The molecule has 0 bridgehead atoms. The molecule has 0 unspecified atom stereocenters. The van der Waals surface area contributed by atoms with Crippen molar-refractivity contribution in [1.29, 1.82) is 0 Å². The minimum Gasteiger partial charge on any atom is -0.390 e. The molecular formula is C7H13F3O. The second-order valence-electron chi connectivity index (χ2n) is 3.46. The zero-order valence-electron chi connectivity index (χ0n) is 6.87. The van der Waals surface area contributed by atoms with Gasteiger partial charge in [-0.3, -0.25) is 0 Å². The minimum absolute atomic E-state index is 0.253. The monoisotopic (exact) mass is 170 g/mol. The van der Waals surface area contributed by atoms with Crippen LogP contribution in [0.4, 0.5) is 13.2 Å². The van der Waals surface area contributed by atoms with E-state index in [1.165, 1.54) is 13.8 Å². The first-order valence-corrected chi connectivity index (χ1v) is 3.42. The smallest absolute Gasteiger partial charge is 0.390 e. The van der Waals surface area contributed by atoms with Gasteiger partial charge in [-0.15, -0.1) is 0 Å². The van der Waals surface area contributed by atoms with Crippen molar-refractivity contribution in [2.75, 3.05) is 0 Å². The Morgan fingerprint density at radius 2 is 1.64 bits per heavy atom. The second kappa shape index (κ2) is 3.01. The van der Waals surface area contributed by atoms with Crippen LogP contribution in [0.2, 0.25) is 0 Å².